The van der Waals surface area contributed by atoms with Crippen LogP contribution in [-0.4, -0.2) is 41.7 Å². The summed E-state index contributed by atoms with van der Waals surface area (Å²) >= 11 is 0. The van der Waals surface area contributed by atoms with Gasteiger partial charge in [0.05, 0.1) is 12.9 Å². The van der Waals surface area contributed by atoms with Gasteiger partial charge in [-0.3, -0.25) is 4.98 Å². The normalized spacial score (nSPS) is 14.7. The molecule has 1 aromatic carbocycles. The van der Waals surface area contributed by atoms with Gasteiger partial charge in [0, 0.05) is 24.4 Å². The first-order valence-electron chi connectivity index (χ1n) is 8.14. The maximum atomic E-state index is 13.2. The van der Waals surface area contributed by atoms with E-state index in [1.165, 1.54) is 55.9 Å². The molecule has 2 rings (SSSR count). The number of nitrogens with zero attached hydrogens (tertiary/aromatic N) is 2. The molecule has 0 bridgehead atoms. The van der Waals surface area contributed by atoms with Crippen LogP contribution in [0, 0.1) is 0 Å². The molecule has 2 atom stereocenters. The van der Waals surface area contributed by atoms with Gasteiger partial charge in [-0.2, -0.15) is 13.6 Å². The number of hydrogen-bond acceptors (Lipinski definition) is 7. The summed E-state index contributed by atoms with van der Waals surface area (Å²) < 4.78 is 42.4. The molecule has 0 aliphatic rings. The van der Waals surface area contributed by atoms with E-state index in [-0.39, 0.29) is 10.5 Å². The van der Waals surface area contributed by atoms with E-state index in [2.05, 4.69) is 11.6 Å². The first kappa shape index (κ1) is 21.6. The summed E-state index contributed by atoms with van der Waals surface area (Å²) in [6, 6.07) is 6.51. The molecule has 0 saturated heterocycles. The van der Waals surface area contributed by atoms with Crippen LogP contribution in [-0.2, 0) is 21.4 Å². The van der Waals surface area contributed by atoms with Gasteiger partial charge in [-0.05, 0) is 34.4 Å². The highest BCUT2D eigenvalue weighted by Gasteiger charge is 2.52. The van der Waals surface area contributed by atoms with Crippen LogP contribution in [0.25, 0.3) is 0 Å². The monoisotopic (exact) mass is 410 g/mol. The highest BCUT2D eigenvalue weighted by molar-refractivity contribution is 7.86. The molecule has 1 unspecified atom stereocenters. The van der Waals surface area contributed by atoms with Crippen molar-refractivity contribution < 1.29 is 31.6 Å². The van der Waals surface area contributed by atoms with Gasteiger partial charge in [-0.25, -0.2) is 9.18 Å². The van der Waals surface area contributed by atoms with Gasteiger partial charge in [0.15, 0.2) is 6.54 Å². The molecule has 8 nitrogen and oxygen atoms in total. The number of amides is 1. The lowest BCUT2D eigenvalue weighted by Crippen LogP contribution is -2.59. The Morgan fingerprint density at radius 1 is 1.36 bits per heavy atom. The average molecular weight is 410 g/mol. The summed E-state index contributed by atoms with van der Waals surface area (Å²) in [6.45, 7) is 2.36. The molecule has 3 N–H and O–H groups in total. The Hall–Kier alpha value is -2.66. The molecule has 1 heterocycles. The number of pyridine rings is 1. The van der Waals surface area contributed by atoms with Crippen molar-refractivity contribution in [2.75, 3.05) is 7.11 Å². The Balaban J connectivity index is 2.55. The van der Waals surface area contributed by atoms with E-state index in [1.807, 2.05) is 0 Å². The van der Waals surface area contributed by atoms with Crippen LogP contribution < -0.4 is 10.5 Å². The van der Waals surface area contributed by atoms with E-state index in [0.29, 0.717) is 5.75 Å². The lowest BCUT2D eigenvalue weighted by molar-refractivity contribution is -0.947. The molecule has 10 heteroatoms. The number of nitrogens with two attached hydrogens (primary N) is 1. The molecule has 1 amide bonds. The first-order valence-corrected chi connectivity index (χ1v) is 9.58. The maximum absolute atomic E-state index is 13.2. The molecule has 0 radical (unpaired) electrons. The standard InChI is InChI=1S/C18H21FN3O5S/c1-13(19)10-17(20)18(23)22(24,12-14-4-3-9-21-11-14)28(25,26)16-7-5-15(27-2)6-8-16/h3-9,11,17,24H,1,10,12,20H2,2H3/q+1/t17?,22-/m1/s1. The van der Waals surface area contributed by atoms with E-state index in [4.69, 9.17) is 10.5 Å². The second-order valence-corrected chi connectivity index (χ2v) is 8.06. The van der Waals surface area contributed by atoms with Crippen LogP contribution in [0.2, 0.25) is 0 Å². The Kier molecular flexibility index (Phi) is 6.62. The molecular weight excluding hydrogens is 389 g/mol. The summed E-state index contributed by atoms with van der Waals surface area (Å²) in [4.78, 5) is 16.3. The smallest absolute Gasteiger partial charge is 0.379 e. The van der Waals surface area contributed by atoms with Crippen molar-refractivity contribution in [1.29, 1.82) is 0 Å². The van der Waals surface area contributed by atoms with E-state index in [0.717, 1.165) is 0 Å². The van der Waals surface area contributed by atoms with Gasteiger partial charge in [0.2, 0.25) is 0 Å². The third-order valence-corrected chi connectivity index (χ3v) is 5.95. The molecule has 1 aromatic heterocycles. The summed E-state index contributed by atoms with van der Waals surface area (Å²) in [5.74, 6) is -1.81. The lowest BCUT2D eigenvalue weighted by Gasteiger charge is -2.28. The maximum Gasteiger partial charge on any atom is 0.379 e. The highest BCUT2D eigenvalue weighted by atomic mass is 32.2. The number of carbonyl (C=O) groups excluding carboxylic acids is 1. The van der Waals surface area contributed by atoms with Crippen LogP contribution >= 0.6 is 0 Å². The second kappa shape index (κ2) is 8.57. The molecule has 150 valence electrons. The number of halogens is 1. The van der Waals surface area contributed by atoms with Crippen LogP contribution in [0.4, 0.5) is 4.39 Å². The van der Waals surface area contributed by atoms with Gasteiger partial charge < -0.3 is 10.5 Å². The average Bonchev–Trinajstić information content (AvgIpc) is 2.67. The molecule has 2 aromatic rings. The minimum atomic E-state index is -4.68. The fraction of sp³-hybridized carbons (Fsp3) is 0.222. The number of hydroxylamine groups is 2. The van der Waals surface area contributed by atoms with Gasteiger partial charge >= 0.3 is 15.9 Å². The third kappa shape index (κ3) is 4.42. The van der Waals surface area contributed by atoms with Crippen molar-refractivity contribution in [3.63, 3.8) is 0 Å². The minimum absolute atomic E-state index is 0.265. The molecule has 0 saturated carbocycles. The number of methoxy groups -OCH3 is 1. The number of benzene rings is 1. The first-order chi connectivity index (χ1) is 13.1. The predicted octanol–water partition coefficient (Wildman–Crippen LogP) is 1.91. The van der Waals surface area contributed by atoms with Crippen molar-refractivity contribution in [2.45, 2.75) is 23.9 Å². The van der Waals surface area contributed by atoms with Crippen molar-refractivity contribution >= 4 is 15.9 Å². The number of hydrogen-bond donors (Lipinski definition) is 2. The van der Waals surface area contributed by atoms with Gasteiger partial charge in [-0.15, -0.1) is 0 Å². The molecule has 28 heavy (non-hydrogen) atoms. The van der Waals surface area contributed by atoms with E-state index >= 15 is 0 Å². The Bertz CT molecular complexity index is 951. The number of carbonyl (C=O) groups is 1. The Morgan fingerprint density at radius 2 is 2.00 bits per heavy atom. The number of aromatic nitrogens is 1. The number of sulfonamides is 1. The fourth-order valence-corrected chi connectivity index (χ4v) is 4.05. The van der Waals surface area contributed by atoms with Crippen molar-refractivity contribution in [2.24, 2.45) is 5.73 Å². The quantitative estimate of drug-likeness (QED) is 0.387. The molecule has 0 fully saturated rings. The SMILES string of the molecule is C=C(F)CC(N)C(=O)[N@@+](O)(Cc1cccnc1)S(=O)(=O)c1ccc(OC)cc1. The van der Waals surface area contributed by atoms with Crippen molar-refractivity contribution in [3.05, 3.63) is 66.8 Å². The Labute approximate surface area is 162 Å². The summed E-state index contributed by atoms with van der Waals surface area (Å²) in [6.07, 6.45) is 2.14. The largest absolute Gasteiger partial charge is 0.497 e. The molecular formula is C18H21FN3O5S+. The van der Waals surface area contributed by atoms with E-state index in [9.17, 15) is 22.8 Å². The topological polar surface area (TPSA) is 120 Å². The molecule has 0 spiro atoms. The van der Waals surface area contributed by atoms with Gasteiger partial charge in [-0.1, -0.05) is 12.6 Å². The van der Waals surface area contributed by atoms with Crippen LogP contribution in [0.5, 0.6) is 5.75 Å². The minimum Gasteiger partial charge on any atom is -0.497 e. The van der Waals surface area contributed by atoms with Crippen LogP contribution in [0.3, 0.4) is 0 Å². The van der Waals surface area contributed by atoms with E-state index < -0.39 is 44.8 Å². The van der Waals surface area contributed by atoms with E-state index in [1.54, 1.807) is 0 Å². The number of rotatable bonds is 8. The summed E-state index contributed by atoms with van der Waals surface area (Å²) in [5, 5.41) is 11.0. The highest BCUT2D eigenvalue weighted by Crippen LogP contribution is 2.28. The predicted molar refractivity (Wildman–Crippen MR) is 98.0 cm³/mol. The third-order valence-electron chi connectivity index (χ3n) is 3.98. The van der Waals surface area contributed by atoms with Crippen molar-refractivity contribution in [1.82, 2.24) is 4.98 Å². The lowest BCUT2D eigenvalue weighted by atomic mass is 10.2. The number of ether oxygens (including phenoxy) is 1. The second-order valence-electron chi connectivity index (χ2n) is 6.04. The summed E-state index contributed by atoms with van der Waals surface area (Å²) in [7, 11) is -3.27. The van der Waals surface area contributed by atoms with Crippen molar-refractivity contribution in [3.8, 4) is 5.75 Å². The molecule has 0 aliphatic heterocycles. The van der Waals surface area contributed by atoms with Gasteiger partial charge in [0.1, 0.15) is 16.7 Å². The van der Waals surface area contributed by atoms with Gasteiger partial charge in [0.25, 0.3) is 0 Å². The van der Waals surface area contributed by atoms with Crippen LogP contribution in [0.15, 0.2) is 66.1 Å². The Morgan fingerprint density at radius 3 is 2.50 bits per heavy atom. The zero-order valence-corrected chi connectivity index (χ0v) is 16.0. The summed E-state index contributed by atoms with van der Waals surface area (Å²) in [5.41, 5.74) is 5.92. The zero-order chi connectivity index (χ0) is 20.9. The molecule has 0 aliphatic carbocycles. The number of quaternary nitrogens is 1. The fourth-order valence-electron chi connectivity index (χ4n) is 2.53. The van der Waals surface area contributed by atoms with Crippen LogP contribution in [0.1, 0.15) is 12.0 Å². The zero-order valence-electron chi connectivity index (χ0n) is 15.2.